The second-order valence-corrected chi connectivity index (χ2v) is 9.28. The molecule has 0 saturated heterocycles. The van der Waals surface area contributed by atoms with E-state index in [4.69, 9.17) is 14.0 Å². The highest BCUT2D eigenvalue weighted by Gasteiger charge is 2.52. The van der Waals surface area contributed by atoms with Gasteiger partial charge >= 0.3 is 12.1 Å². The largest absolute Gasteiger partial charge is 0.468 e. The van der Waals surface area contributed by atoms with Crippen molar-refractivity contribution in [2.45, 2.75) is 38.2 Å². The molecule has 0 aliphatic heterocycles. The highest BCUT2D eigenvalue weighted by molar-refractivity contribution is 5.91. The number of hydrogen-bond acceptors (Lipinski definition) is 6. The van der Waals surface area contributed by atoms with Crippen LogP contribution in [-0.2, 0) is 19.7 Å². The van der Waals surface area contributed by atoms with E-state index in [9.17, 15) is 9.59 Å². The average Bonchev–Trinajstić information content (AvgIpc) is 3.67. The SMILES string of the molecule is COC(=O)C1(c2ccc(-c3ccc(-c4onc(C)c4NC(=O)OC(C)c4ccccc4)cc3)cc2)CC1. The summed E-state index contributed by atoms with van der Waals surface area (Å²) >= 11 is 0. The van der Waals surface area contributed by atoms with Crippen molar-refractivity contribution in [3.05, 3.63) is 95.7 Å². The van der Waals surface area contributed by atoms with Crippen molar-refractivity contribution in [2.75, 3.05) is 12.4 Å². The van der Waals surface area contributed by atoms with Gasteiger partial charge in [-0.2, -0.15) is 0 Å². The van der Waals surface area contributed by atoms with Gasteiger partial charge in [0.2, 0.25) is 0 Å². The molecular formula is C30H28N2O5. The van der Waals surface area contributed by atoms with Crippen molar-refractivity contribution in [2.24, 2.45) is 0 Å². The number of rotatable bonds is 7. The van der Waals surface area contributed by atoms with Crippen LogP contribution in [0.1, 0.15) is 42.7 Å². The van der Waals surface area contributed by atoms with Crippen molar-refractivity contribution in [1.82, 2.24) is 5.16 Å². The Labute approximate surface area is 215 Å². The summed E-state index contributed by atoms with van der Waals surface area (Å²) in [4.78, 5) is 24.8. The molecule has 1 aromatic heterocycles. The number of anilines is 1. The summed E-state index contributed by atoms with van der Waals surface area (Å²) < 4.78 is 16.1. The van der Waals surface area contributed by atoms with Gasteiger partial charge in [-0.05, 0) is 48.9 Å². The Morgan fingerprint density at radius 2 is 1.51 bits per heavy atom. The van der Waals surface area contributed by atoms with E-state index in [1.807, 2.05) is 85.8 Å². The third kappa shape index (κ3) is 4.85. The zero-order valence-electron chi connectivity index (χ0n) is 21.0. The fourth-order valence-corrected chi connectivity index (χ4v) is 4.52. The molecule has 1 aliphatic carbocycles. The molecule has 1 heterocycles. The van der Waals surface area contributed by atoms with Crippen LogP contribution in [0.15, 0.2) is 83.4 Å². The zero-order valence-corrected chi connectivity index (χ0v) is 21.0. The van der Waals surface area contributed by atoms with E-state index in [2.05, 4.69) is 10.5 Å². The maximum absolute atomic E-state index is 12.6. The van der Waals surface area contributed by atoms with Crippen LogP contribution in [0, 0.1) is 6.92 Å². The van der Waals surface area contributed by atoms with Gasteiger partial charge in [0.15, 0.2) is 5.76 Å². The third-order valence-corrected chi connectivity index (χ3v) is 6.89. The lowest BCUT2D eigenvalue weighted by atomic mass is 9.93. The van der Waals surface area contributed by atoms with E-state index in [1.54, 1.807) is 6.92 Å². The smallest absolute Gasteiger partial charge is 0.412 e. The lowest BCUT2D eigenvalue weighted by Crippen LogP contribution is -2.21. The predicted molar refractivity (Wildman–Crippen MR) is 140 cm³/mol. The normalized spacial score (nSPS) is 14.5. The Morgan fingerprint density at radius 1 is 0.919 bits per heavy atom. The molecule has 4 aromatic rings. The third-order valence-electron chi connectivity index (χ3n) is 6.89. The number of amides is 1. The summed E-state index contributed by atoms with van der Waals surface area (Å²) in [5.41, 5.74) is 5.25. The highest BCUT2D eigenvalue weighted by Crippen LogP contribution is 2.49. The van der Waals surface area contributed by atoms with Crippen molar-refractivity contribution >= 4 is 17.7 Å². The molecule has 0 spiro atoms. The van der Waals surface area contributed by atoms with E-state index in [0.717, 1.165) is 40.7 Å². The minimum atomic E-state index is -0.582. The number of aromatic nitrogens is 1. The number of carbonyl (C=O) groups is 2. The van der Waals surface area contributed by atoms with Crippen LogP contribution < -0.4 is 5.32 Å². The average molecular weight is 497 g/mol. The summed E-state index contributed by atoms with van der Waals surface area (Å²) in [5.74, 6) is 0.284. The molecule has 7 nitrogen and oxygen atoms in total. The quantitative estimate of drug-likeness (QED) is 0.282. The van der Waals surface area contributed by atoms with Crippen LogP contribution >= 0.6 is 0 Å². The van der Waals surface area contributed by atoms with Crippen LogP contribution in [0.4, 0.5) is 10.5 Å². The summed E-state index contributed by atoms with van der Waals surface area (Å²) in [6.07, 6.45) is 0.651. The maximum atomic E-state index is 12.6. The van der Waals surface area contributed by atoms with E-state index in [0.29, 0.717) is 17.1 Å². The number of aryl methyl sites for hydroxylation is 1. The Hall–Kier alpha value is -4.39. The van der Waals surface area contributed by atoms with Crippen LogP contribution in [-0.4, -0.2) is 24.3 Å². The Kier molecular flexibility index (Phi) is 6.53. The van der Waals surface area contributed by atoms with Crippen LogP contribution in [0.2, 0.25) is 0 Å². The van der Waals surface area contributed by atoms with Crippen molar-refractivity contribution in [1.29, 1.82) is 0 Å². The molecule has 7 heteroatoms. The number of methoxy groups -OCH3 is 1. The fraction of sp³-hybridized carbons (Fsp3) is 0.233. The molecule has 1 saturated carbocycles. The van der Waals surface area contributed by atoms with Gasteiger partial charge in [-0.3, -0.25) is 10.1 Å². The van der Waals surface area contributed by atoms with Crippen molar-refractivity contribution in [3.8, 4) is 22.5 Å². The van der Waals surface area contributed by atoms with Gasteiger partial charge in [0, 0.05) is 5.56 Å². The van der Waals surface area contributed by atoms with Gasteiger partial charge in [-0.15, -0.1) is 0 Å². The molecule has 0 radical (unpaired) electrons. The van der Waals surface area contributed by atoms with E-state index < -0.39 is 17.6 Å². The summed E-state index contributed by atoms with van der Waals surface area (Å²) in [6.45, 7) is 3.58. The van der Waals surface area contributed by atoms with Crippen LogP contribution in [0.25, 0.3) is 22.5 Å². The lowest BCUT2D eigenvalue weighted by molar-refractivity contribution is -0.143. The molecule has 1 N–H and O–H groups in total. The first-order valence-electron chi connectivity index (χ1n) is 12.2. The summed E-state index contributed by atoms with van der Waals surface area (Å²) in [6, 6.07) is 25.4. The molecule has 1 fully saturated rings. The number of nitrogens with one attached hydrogen (secondary N) is 1. The number of ether oxygens (including phenoxy) is 2. The number of benzene rings is 3. The van der Waals surface area contributed by atoms with Gasteiger partial charge in [0.25, 0.3) is 0 Å². The molecule has 1 unspecified atom stereocenters. The summed E-state index contributed by atoms with van der Waals surface area (Å²) in [7, 11) is 1.43. The number of esters is 1. The standard InChI is InChI=1S/C30H28N2O5/c1-19-26(31-29(34)36-20(2)21-7-5-4-6-8-21)27(37-32-19)24-11-9-22(10-12-24)23-13-15-25(16-14-23)30(17-18-30)28(33)35-3/h4-16,20H,17-18H2,1-3H3,(H,31,34). The maximum Gasteiger partial charge on any atom is 0.412 e. The number of hydrogen-bond donors (Lipinski definition) is 1. The number of carbonyl (C=O) groups excluding carboxylic acids is 2. The van der Waals surface area contributed by atoms with E-state index in [1.165, 1.54) is 7.11 Å². The Morgan fingerprint density at radius 3 is 2.11 bits per heavy atom. The molecule has 5 rings (SSSR count). The van der Waals surface area contributed by atoms with Crippen molar-refractivity contribution in [3.63, 3.8) is 0 Å². The van der Waals surface area contributed by atoms with Gasteiger partial charge in [-0.1, -0.05) is 84.0 Å². The first-order valence-corrected chi connectivity index (χ1v) is 12.2. The van der Waals surface area contributed by atoms with Gasteiger partial charge < -0.3 is 14.0 Å². The Balaban J connectivity index is 1.30. The molecular weight excluding hydrogens is 468 g/mol. The molecule has 0 bridgehead atoms. The van der Waals surface area contributed by atoms with Crippen LogP contribution in [0.5, 0.6) is 0 Å². The highest BCUT2D eigenvalue weighted by atomic mass is 16.6. The second kappa shape index (κ2) is 9.93. The minimum Gasteiger partial charge on any atom is -0.468 e. The molecule has 1 aliphatic rings. The van der Waals surface area contributed by atoms with Crippen molar-refractivity contribution < 1.29 is 23.6 Å². The second-order valence-electron chi connectivity index (χ2n) is 9.28. The minimum absolute atomic E-state index is 0.172. The van der Waals surface area contributed by atoms with Crippen LogP contribution in [0.3, 0.4) is 0 Å². The monoisotopic (exact) mass is 496 g/mol. The fourth-order valence-electron chi connectivity index (χ4n) is 4.52. The van der Waals surface area contributed by atoms with Gasteiger partial charge in [-0.25, -0.2) is 4.79 Å². The first kappa shape index (κ1) is 24.3. The Bertz CT molecular complexity index is 1400. The molecule has 1 atom stereocenters. The van der Waals surface area contributed by atoms with E-state index in [-0.39, 0.29) is 5.97 Å². The first-order chi connectivity index (χ1) is 17.9. The predicted octanol–water partition coefficient (Wildman–Crippen LogP) is 6.83. The van der Waals surface area contributed by atoms with Gasteiger partial charge in [0.1, 0.15) is 17.5 Å². The van der Waals surface area contributed by atoms with Gasteiger partial charge in [0.05, 0.1) is 12.5 Å². The topological polar surface area (TPSA) is 90.7 Å². The lowest BCUT2D eigenvalue weighted by Gasteiger charge is -2.14. The number of nitrogens with zero attached hydrogens (tertiary/aromatic N) is 1. The molecule has 188 valence electrons. The summed E-state index contributed by atoms with van der Waals surface area (Å²) in [5, 5.41) is 6.83. The molecule has 3 aromatic carbocycles. The zero-order chi connectivity index (χ0) is 26.0. The van der Waals surface area contributed by atoms with E-state index >= 15 is 0 Å². The molecule has 37 heavy (non-hydrogen) atoms. The molecule has 1 amide bonds.